The summed E-state index contributed by atoms with van der Waals surface area (Å²) in [6.45, 7) is 3.47. The van der Waals surface area contributed by atoms with E-state index in [2.05, 4.69) is 46.6 Å². The summed E-state index contributed by atoms with van der Waals surface area (Å²) in [5.41, 5.74) is 1.10. The second-order valence-corrected chi connectivity index (χ2v) is 5.71. The highest BCUT2D eigenvalue weighted by molar-refractivity contribution is 5.80. The molecule has 0 bridgehead atoms. The van der Waals surface area contributed by atoms with Crippen molar-refractivity contribution in [3.8, 4) is 0 Å². The van der Waals surface area contributed by atoms with Crippen LogP contribution in [0.1, 0.15) is 12.8 Å². The average molecular weight is 253 g/mol. The lowest BCUT2D eigenvalue weighted by Gasteiger charge is -2.35. The molecule has 1 aromatic carbocycles. The maximum Gasteiger partial charge on any atom is 0.129 e. The number of anilines is 1. The third-order valence-electron chi connectivity index (χ3n) is 4.56. The van der Waals surface area contributed by atoms with Gasteiger partial charge in [0.15, 0.2) is 0 Å². The third kappa shape index (κ3) is 1.98. The highest BCUT2D eigenvalue weighted by Crippen LogP contribution is 2.28. The van der Waals surface area contributed by atoms with Gasteiger partial charge in [0.1, 0.15) is 5.82 Å². The van der Waals surface area contributed by atoms with Crippen molar-refractivity contribution in [2.75, 3.05) is 24.5 Å². The van der Waals surface area contributed by atoms with Crippen LogP contribution in [0.5, 0.6) is 0 Å². The molecule has 2 aliphatic rings. The molecule has 98 valence electrons. The number of pyridine rings is 1. The Balaban J connectivity index is 1.63. The normalized spacial score (nSPS) is 26.6. The number of rotatable bonds is 1. The van der Waals surface area contributed by atoms with Crippen LogP contribution < -0.4 is 10.2 Å². The van der Waals surface area contributed by atoms with E-state index in [1.54, 1.807) is 0 Å². The molecule has 1 aromatic heterocycles. The Morgan fingerprint density at radius 2 is 2.05 bits per heavy atom. The van der Waals surface area contributed by atoms with Crippen LogP contribution in [0.4, 0.5) is 5.82 Å². The van der Waals surface area contributed by atoms with Gasteiger partial charge in [-0.05, 0) is 43.5 Å². The number of para-hydroxylation sites is 1. The summed E-state index contributed by atoms with van der Waals surface area (Å²) in [6.07, 6.45) is 2.56. The molecule has 3 nitrogen and oxygen atoms in total. The summed E-state index contributed by atoms with van der Waals surface area (Å²) in [4.78, 5) is 7.28. The molecule has 0 saturated carbocycles. The van der Waals surface area contributed by atoms with Gasteiger partial charge in [0.2, 0.25) is 0 Å². The van der Waals surface area contributed by atoms with Crippen LogP contribution in [0.2, 0.25) is 0 Å². The van der Waals surface area contributed by atoms with Gasteiger partial charge in [-0.2, -0.15) is 0 Å². The van der Waals surface area contributed by atoms with Crippen LogP contribution in [0.15, 0.2) is 36.4 Å². The molecular weight excluding hydrogens is 234 g/mol. The minimum Gasteiger partial charge on any atom is -0.356 e. The first-order chi connectivity index (χ1) is 9.40. The monoisotopic (exact) mass is 253 g/mol. The van der Waals surface area contributed by atoms with E-state index >= 15 is 0 Å². The van der Waals surface area contributed by atoms with Gasteiger partial charge in [0, 0.05) is 24.5 Å². The van der Waals surface area contributed by atoms with E-state index in [9.17, 15) is 0 Å². The molecule has 3 heteroatoms. The van der Waals surface area contributed by atoms with E-state index in [0.717, 1.165) is 36.4 Å². The van der Waals surface area contributed by atoms with Crippen molar-refractivity contribution in [1.29, 1.82) is 0 Å². The topological polar surface area (TPSA) is 28.2 Å². The van der Waals surface area contributed by atoms with E-state index in [0.29, 0.717) is 0 Å². The third-order valence-corrected chi connectivity index (χ3v) is 4.56. The molecule has 3 heterocycles. The number of piperidine rings is 1. The van der Waals surface area contributed by atoms with E-state index in [4.69, 9.17) is 4.98 Å². The predicted molar refractivity (Wildman–Crippen MR) is 78.5 cm³/mol. The molecule has 19 heavy (non-hydrogen) atoms. The van der Waals surface area contributed by atoms with Gasteiger partial charge in [0.05, 0.1) is 5.52 Å². The molecule has 4 rings (SSSR count). The summed E-state index contributed by atoms with van der Waals surface area (Å²) in [5.74, 6) is 1.95. The first-order valence-electron chi connectivity index (χ1n) is 7.24. The van der Waals surface area contributed by atoms with Crippen LogP contribution in [0.25, 0.3) is 10.9 Å². The van der Waals surface area contributed by atoms with Crippen molar-refractivity contribution in [3.63, 3.8) is 0 Å². The number of hydrogen-bond donors (Lipinski definition) is 1. The van der Waals surface area contributed by atoms with Crippen LogP contribution in [0.3, 0.4) is 0 Å². The van der Waals surface area contributed by atoms with Crippen molar-refractivity contribution < 1.29 is 0 Å². The fourth-order valence-corrected chi connectivity index (χ4v) is 3.49. The van der Waals surface area contributed by atoms with Gasteiger partial charge in [-0.3, -0.25) is 0 Å². The molecule has 2 aromatic rings. The number of nitrogens with zero attached hydrogens (tertiary/aromatic N) is 2. The largest absolute Gasteiger partial charge is 0.356 e. The lowest BCUT2D eigenvalue weighted by molar-refractivity contribution is 0.375. The second kappa shape index (κ2) is 4.49. The SMILES string of the molecule is c1ccc2nc(N3CCC4NCCC4C3)ccc2c1. The van der Waals surface area contributed by atoms with Gasteiger partial charge >= 0.3 is 0 Å². The van der Waals surface area contributed by atoms with Crippen molar-refractivity contribution in [2.45, 2.75) is 18.9 Å². The quantitative estimate of drug-likeness (QED) is 0.846. The number of benzene rings is 1. The molecule has 0 spiro atoms. The average Bonchev–Trinajstić information content (AvgIpc) is 2.94. The molecule has 2 fully saturated rings. The molecule has 0 amide bonds. The zero-order chi connectivity index (χ0) is 12.7. The Morgan fingerprint density at radius 1 is 1.11 bits per heavy atom. The predicted octanol–water partition coefficient (Wildman–Crippen LogP) is 2.42. The van der Waals surface area contributed by atoms with Gasteiger partial charge in [0.25, 0.3) is 0 Å². The van der Waals surface area contributed by atoms with Gasteiger partial charge in [-0.1, -0.05) is 18.2 Å². The van der Waals surface area contributed by atoms with Crippen molar-refractivity contribution in [3.05, 3.63) is 36.4 Å². The Kier molecular flexibility index (Phi) is 2.66. The minimum atomic E-state index is 0.747. The first-order valence-corrected chi connectivity index (χ1v) is 7.24. The Morgan fingerprint density at radius 3 is 3.05 bits per heavy atom. The number of nitrogens with one attached hydrogen (secondary N) is 1. The molecular formula is C16H19N3. The van der Waals surface area contributed by atoms with E-state index in [1.165, 1.54) is 24.8 Å². The number of aromatic nitrogens is 1. The summed E-state index contributed by atoms with van der Waals surface area (Å²) >= 11 is 0. The second-order valence-electron chi connectivity index (χ2n) is 5.71. The summed E-state index contributed by atoms with van der Waals surface area (Å²) in [6, 6.07) is 13.5. The van der Waals surface area contributed by atoms with E-state index in [1.807, 2.05) is 0 Å². The molecule has 2 saturated heterocycles. The number of fused-ring (bicyclic) bond motifs is 2. The van der Waals surface area contributed by atoms with E-state index < -0.39 is 0 Å². The van der Waals surface area contributed by atoms with Crippen molar-refractivity contribution in [2.24, 2.45) is 5.92 Å². The fraction of sp³-hybridized carbons (Fsp3) is 0.438. The van der Waals surface area contributed by atoms with Crippen LogP contribution >= 0.6 is 0 Å². The number of hydrogen-bond acceptors (Lipinski definition) is 3. The maximum absolute atomic E-state index is 4.82. The van der Waals surface area contributed by atoms with Crippen LogP contribution in [-0.2, 0) is 0 Å². The van der Waals surface area contributed by atoms with Gasteiger partial charge in [-0.25, -0.2) is 4.98 Å². The zero-order valence-electron chi connectivity index (χ0n) is 11.0. The summed E-state index contributed by atoms with van der Waals surface area (Å²) in [7, 11) is 0. The van der Waals surface area contributed by atoms with Crippen LogP contribution in [0, 0.1) is 5.92 Å². The molecule has 0 aliphatic carbocycles. The molecule has 2 atom stereocenters. The van der Waals surface area contributed by atoms with Crippen molar-refractivity contribution >= 4 is 16.7 Å². The molecule has 1 N–H and O–H groups in total. The summed E-state index contributed by atoms with van der Waals surface area (Å²) in [5, 5.41) is 4.84. The minimum absolute atomic E-state index is 0.747. The Bertz CT molecular complexity index is 595. The standard InChI is InChI=1S/C16H19N3/c1-2-4-15-12(3-1)5-6-16(18-15)19-10-8-14-13(11-19)7-9-17-14/h1-6,13-14,17H,7-11H2. The molecule has 0 radical (unpaired) electrons. The fourth-order valence-electron chi connectivity index (χ4n) is 3.49. The molecule has 2 aliphatic heterocycles. The van der Waals surface area contributed by atoms with Gasteiger partial charge < -0.3 is 10.2 Å². The Labute approximate surface area is 113 Å². The van der Waals surface area contributed by atoms with Crippen LogP contribution in [-0.4, -0.2) is 30.7 Å². The lowest BCUT2D eigenvalue weighted by Crippen LogP contribution is -2.44. The zero-order valence-corrected chi connectivity index (χ0v) is 11.0. The summed E-state index contributed by atoms with van der Waals surface area (Å²) < 4.78 is 0. The first kappa shape index (κ1) is 11.2. The highest BCUT2D eigenvalue weighted by Gasteiger charge is 2.32. The lowest BCUT2D eigenvalue weighted by atomic mass is 9.93. The van der Waals surface area contributed by atoms with E-state index in [-0.39, 0.29) is 0 Å². The highest BCUT2D eigenvalue weighted by atomic mass is 15.2. The van der Waals surface area contributed by atoms with Gasteiger partial charge in [-0.15, -0.1) is 0 Å². The van der Waals surface area contributed by atoms with Crippen molar-refractivity contribution in [1.82, 2.24) is 10.3 Å². The maximum atomic E-state index is 4.82. The Hall–Kier alpha value is -1.61. The smallest absolute Gasteiger partial charge is 0.129 e. The molecule has 2 unspecified atom stereocenters.